The average Bonchev–Trinajstić information content (AvgIpc) is 3.27. The van der Waals surface area contributed by atoms with Gasteiger partial charge in [-0.15, -0.1) is 0 Å². The number of hydrogen-bond donors (Lipinski definition) is 4. The summed E-state index contributed by atoms with van der Waals surface area (Å²) in [6, 6.07) is 0. The van der Waals surface area contributed by atoms with E-state index in [-0.39, 0.29) is 19.6 Å². The van der Waals surface area contributed by atoms with E-state index in [9.17, 15) is 33.1 Å². The van der Waals surface area contributed by atoms with Gasteiger partial charge < -0.3 is 34.3 Å². The quantitative estimate of drug-likeness (QED) is 0.0197. The summed E-state index contributed by atoms with van der Waals surface area (Å²) >= 11 is 0. The molecule has 64 heavy (non-hydrogen) atoms. The lowest BCUT2D eigenvalue weighted by molar-refractivity contribution is -0.301. The standard InChI is InChI=1S/C51H90O12S/c1-3-5-7-9-11-13-15-17-19-21-22-23-24-25-26-28-30-32-34-36-38-40-47(53)61-45(44-60-51-49(55)50(63-64(56,57)58)48(54)46(42-52)62-51)43-59-41-39-37-35-33-31-29-27-20-18-16-14-12-10-8-6-4-2/h6,8,12,14,18,20-22,29,31,45-46,48-52,54-55H,3-5,7,9-11,13,15-17,19,23-28,30,32-44H2,1-2H3,(H,56,57,58)/b8-6-,14-12-,20-18-,22-21-,31-29-. The van der Waals surface area contributed by atoms with Gasteiger partial charge in [-0.3, -0.25) is 9.35 Å². The molecule has 0 saturated carbocycles. The highest BCUT2D eigenvalue weighted by Crippen LogP contribution is 2.26. The molecule has 6 unspecified atom stereocenters. The zero-order valence-electron chi connectivity index (χ0n) is 39.8. The number of esters is 1. The Labute approximate surface area is 388 Å². The zero-order valence-corrected chi connectivity index (χ0v) is 40.6. The summed E-state index contributed by atoms with van der Waals surface area (Å²) < 4.78 is 59.1. The van der Waals surface area contributed by atoms with Crippen LogP contribution in [-0.4, -0.2) is 97.5 Å². The lowest BCUT2D eigenvalue weighted by atomic mass is 9.99. The van der Waals surface area contributed by atoms with Gasteiger partial charge >= 0.3 is 16.4 Å². The van der Waals surface area contributed by atoms with Crippen LogP contribution in [0.3, 0.4) is 0 Å². The first kappa shape index (κ1) is 59.8. The monoisotopic (exact) mass is 927 g/mol. The maximum absolute atomic E-state index is 12.9. The first-order chi connectivity index (χ1) is 31.1. The van der Waals surface area contributed by atoms with Crippen LogP contribution in [0.15, 0.2) is 60.8 Å². The third-order valence-electron chi connectivity index (χ3n) is 11.1. The molecule has 0 bridgehead atoms. The molecule has 0 radical (unpaired) electrons. The van der Waals surface area contributed by atoms with Gasteiger partial charge in [0.15, 0.2) is 6.29 Å². The average molecular weight is 927 g/mol. The van der Waals surface area contributed by atoms with Gasteiger partial charge in [-0.1, -0.05) is 171 Å². The summed E-state index contributed by atoms with van der Waals surface area (Å²) in [4.78, 5) is 12.9. The molecule has 0 aromatic rings. The van der Waals surface area contributed by atoms with Gasteiger partial charge in [0.05, 0.1) is 19.8 Å². The Morgan fingerprint density at radius 3 is 1.59 bits per heavy atom. The molecule has 0 spiro atoms. The Morgan fingerprint density at radius 2 is 1.08 bits per heavy atom. The van der Waals surface area contributed by atoms with Crippen molar-refractivity contribution in [1.29, 1.82) is 0 Å². The fourth-order valence-corrected chi connectivity index (χ4v) is 7.87. The van der Waals surface area contributed by atoms with E-state index in [1.165, 1.54) is 96.3 Å². The van der Waals surface area contributed by atoms with E-state index in [2.05, 4.69) is 78.8 Å². The van der Waals surface area contributed by atoms with Crippen LogP contribution in [0.4, 0.5) is 0 Å². The lowest BCUT2D eigenvalue weighted by Gasteiger charge is -2.41. The fraction of sp³-hybridized carbons (Fsp3) is 0.784. The molecule has 0 amide bonds. The first-order valence-corrected chi connectivity index (χ1v) is 26.4. The molecule has 12 nitrogen and oxygen atoms in total. The minimum absolute atomic E-state index is 0.0119. The Kier molecular flexibility index (Phi) is 39.4. The molecule has 0 aromatic heterocycles. The number of aliphatic hydroxyl groups excluding tert-OH is 3. The van der Waals surface area contributed by atoms with E-state index < -0.39 is 59.8 Å². The van der Waals surface area contributed by atoms with E-state index in [4.69, 9.17) is 18.9 Å². The van der Waals surface area contributed by atoms with E-state index in [0.29, 0.717) is 13.0 Å². The van der Waals surface area contributed by atoms with Crippen molar-refractivity contribution in [2.24, 2.45) is 0 Å². The number of allylic oxidation sites excluding steroid dienone is 10. The maximum Gasteiger partial charge on any atom is 0.397 e. The highest BCUT2D eigenvalue weighted by atomic mass is 32.3. The van der Waals surface area contributed by atoms with Crippen molar-refractivity contribution in [1.82, 2.24) is 0 Å². The molecule has 1 fully saturated rings. The number of rotatable bonds is 43. The first-order valence-electron chi connectivity index (χ1n) is 25.0. The lowest BCUT2D eigenvalue weighted by Crippen LogP contribution is -2.60. The number of ether oxygens (including phenoxy) is 4. The van der Waals surface area contributed by atoms with Crippen molar-refractivity contribution in [2.45, 2.75) is 230 Å². The second-order valence-corrected chi connectivity index (χ2v) is 18.1. The van der Waals surface area contributed by atoms with Crippen molar-refractivity contribution in [2.75, 3.05) is 26.4 Å². The summed E-state index contributed by atoms with van der Waals surface area (Å²) in [7, 11) is -5.07. The van der Waals surface area contributed by atoms with Crippen molar-refractivity contribution < 1.29 is 56.2 Å². The molecule has 6 atom stereocenters. The number of carbonyl (C=O) groups is 1. The van der Waals surface area contributed by atoms with Crippen LogP contribution in [0.2, 0.25) is 0 Å². The van der Waals surface area contributed by atoms with Gasteiger partial charge in [0.1, 0.15) is 30.5 Å². The number of carbonyl (C=O) groups excluding carboxylic acids is 1. The molecule has 1 aliphatic rings. The smallest absolute Gasteiger partial charge is 0.397 e. The summed E-state index contributed by atoms with van der Waals surface area (Å²) in [5, 5.41) is 30.7. The van der Waals surface area contributed by atoms with Crippen molar-refractivity contribution in [3.63, 3.8) is 0 Å². The van der Waals surface area contributed by atoms with E-state index in [0.717, 1.165) is 70.6 Å². The second-order valence-electron chi connectivity index (χ2n) is 17.0. The van der Waals surface area contributed by atoms with Gasteiger partial charge in [-0.2, -0.15) is 8.42 Å². The van der Waals surface area contributed by atoms with Crippen LogP contribution in [0.25, 0.3) is 0 Å². The SMILES string of the molecule is CC/C=C\C/C=C\C/C=C\C/C=C\CCCCCOCC(COC1OC(CO)C(O)C(OS(=O)(=O)O)C1O)OC(=O)CCCCCCCCCCC/C=C\CCCCCCCCCC. The summed E-state index contributed by atoms with van der Waals surface area (Å²) in [5.74, 6) is -0.414. The normalized spacial score (nSPS) is 20.2. The van der Waals surface area contributed by atoms with E-state index >= 15 is 0 Å². The molecule has 372 valence electrons. The van der Waals surface area contributed by atoms with Crippen LogP contribution in [0.5, 0.6) is 0 Å². The van der Waals surface area contributed by atoms with Crippen molar-refractivity contribution in [3.8, 4) is 0 Å². The van der Waals surface area contributed by atoms with E-state index in [1.54, 1.807) is 0 Å². The molecular weight excluding hydrogens is 837 g/mol. The predicted octanol–water partition coefficient (Wildman–Crippen LogP) is 11.3. The molecular formula is C51H90O12S. The largest absolute Gasteiger partial charge is 0.457 e. The zero-order chi connectivity index (χ0) is 46.8. The Balaban J connectivity index is 2.39. The van der Waals surface area contributed by atoms with Crippen molar-refractivity contribution >= 4 is 16.4 Å². The van der Waals surface area contributed by atoms with Crippen LogP contribution < -0.4 is 0 Å². The summed E-state index contributed by atoms with van der Waals surface area (Å²) in [6.45, 7) is 3.80. The topological polar surface area (TPSA) is 178 Å². The van der Waals surface area contributed by atoms with Gasteiger partial charge in [0, 0.05) is 13.0 Å². The van der Waals surface area contributed by atoms with E-state index in [1.807, 2.05) is 0 Å². The van der Waals surface area contributed by atoms with Crippen LogP contribution in [-0.2, 0) is 38.3 Å². The van der Waals surface area contributed by atoms with Crippen LogP contribution in [0.1, 0.15) is 194 Å². The fourth-order valence-electron chi connectivity index (χ4n) is 7.36. The Bertz CT molecular complexity index is 1350. The second kappa shape index (κ2) is 42.2. The molecule has 1 saturated heterocycles. The highest BCUT2D eigenvalue weighted by Gasteiger charge is 2.48. The third kappa shape index (κ3) is 35.1. The summed E-state index contributed by atoms with van der Waals surface area (Å²) in [6.07, 6.45) is 44.0. The number of aliphatic hydroxyl groups is 3. The minimum Gasteiger partial charge on any atom is -0.457 e. The number of hydrogen-bond acceptors (Lipinski definition) is 11. The highest BCUT2D eigenvalue weighted by molar-refractivity contribution is 7.80. The number of unbranched alkanes of at least 4 members (excludes halogenated alkanes) is 20. The van der Waals surface area contributed by atoms with Crippen molar-refractivity contribution in [3.05, 3.63) is 60.8 Å². The summed E-state index contributed by atoms with van der Waals surface area (Å²) in [5.41, 5.74) is 0. The third-order valence-corrected chi connectivity index (χ3v) is 11.6. The van der Waals surface area contributed by atoms with Gasteiger partial charge in [-0.05, 0) is 77.0 Å². The molecule has 4 N–H and O–H groups in total. The molecule has 1 aliphatic heterocycles. The van der Waals surface area contributed by atoms with Gasteiger partial charge in [-0.25, -0.2) is 4.18 Å². The Morgan fingerprint density at radius 1 is 0.609 bits per heavy atom. The van der Waals surface area contributed by atoms with Crippen LogP contribution >= 0.6 is 0 Å². The Hall–Kier alpha value is -2.20. The molecule has 1 heterocycles. The van der Waals surface area contributed by atoms with Gasteiger partial charge in [0.2, 0.25) is 0 Å². The molecule has 13 heteroatoms. The van der Waals surface area contributed by atoms with Gasteiger partial charge in [0.25, 0.3) is 0 Å². The minimum atomic E-state index is -5.07. The predicted molar refractivity (Wildman–Crippen MR) is 257 cm³/mol. The molecule has 1 rings (SSSR count). The molecule has 0 aliphatic carbocycles. The maximum atomic E-state index is 12.9. The van der Waals surface area contributed by atoms with Crippen LogP contribution in [0, 0.1) is 0 Å². The molecule has 0 aromatic carbocycles.